The normalized spacial score (nSPS) is 29.4. The summed E-state index contributed by atoms with van der Waals surface area (Å²) in [5.41, 5.74) is 0. The van der Waals surface area contributed by atoms with Crippen molar-refractivity contribution in [1.82, 2.24) is 9.80 Å². The molecule has 20 heavy (non-hydrogen) atoms. The van der Waals surface area contributed by atoms with Gasteiger partial charge in [-0.15, -0.1) is 0 Å². The second kappa shape index (κ2) is 5.14. The van der Waals surface area contributed by atoms with Gasteiger partial charge in [-0.25, -0.2) is 9.59 Å². The number of likely N-dealkylation sites (tertiary alicyclic amines) is 1. The lowest BCUT2D eigenvalue weighted by atomic mass is 9.94. The van der Waals surface area contributed by atoms with Crippen molar-refractivity contribution in [3.8, 4) is 0 Å². The lowest BCUT2D eigenvalue weighted by Gasteiger charge is -2.29. The number of halogens is 3. The fourth-order valence-corrected chi connectivity index (χ4v) is 3.37. The van der Waals surface area contributed by atoms with Crippen molar-refractivity contribution >= 4 is 12.0 Å². The van der Waals surface area contributed by atoms with Gasteiger partial charge in [0.05, 0.1) is 0 Å². The van der Waals surface area contributed by atoms with E-state index in [1.54, 1.807) is 0 Å². The molecule has 0 radical (unpaired) electrons. The number of carbonyl (C=O) groups excluding carboxylic acids is 1. The van der Waals surface area contributed by atoms with Crippen LogP contribution >= 0.6 is 0 Å². The molecule has 1 aliphatic carbocycles. The van der Waals surface area contributed by atoms with Gasteiger partial charge < -0.3 is 14.9 Å². The molecule has 0 spiro atoms. The minimum atomic E-state index is -4.49. The van der Waals surface area contributed by atoms with Crippen LogP contribution in [0.4, 0.5) is 18.0 Å². The number of alkyl halides is 3. The quantitative estimate of drug-likeness (QED) is 0.844. The zero-order chi connectivity index (χ0) is 15.1. The molecule has 2 amide bonds. The highest BCUT2D eigenvalue weighted by Crippen LogP contribution is 2.42. The summed E-state index contributed by atoms with van der Waals surface area (Å²) in [6, 6.07) is -1.85. The van der Waals surface area contributed by atoms with Crippen molar-refractivity contribution in [2.45, 2.75) is 31.5 Å². The summed E-state index contributed by atoms with van der Waals surface area (Å²) in [4.78, 5) is 25.0. The third-order valence-electron chi connectivity index (χ3n) is 4.13. The Bertz CT molecular complexity index is 413. The van der Waals surface area contributed by atoms with Gasteiger partial charge in [-0.1, -0.05) is 6.42 Å². The number of rotatable bonds is 2. The van der Waals surface area contributed by atoms with E-state index in [0.29, 0.717) is 11.3 Å². The van der Waals surface area contributed by atoms with Crippen molar-refractivity contribution < 1.29 is 27.9 Å². The van der Waals surface area contributed by atoms with Gasteiger partial charge in [-0.3, -0.25) is 0 Å². The highest BCUT2D eigenvalue weighted by atomic mass is 19.4. The molecule has 0 aromatic carbocycles. The number of carbonyl (C=O) groups is 2. The van der Waals surface area contributed by atoms with E-state index in [2.05, 4.69) is 0 Å². The summed E-state index contributed by atoms with van der Waals surface area (Å²) in [5.74, 6) is -1.16. The van der Waals surface area contributed by atoms with E-state index in [1.807, 2.05) is 0 Å². The Morgan fingerprint density at radius 2 is 2.00 bits per heavy atom. The number of aliphatic carboxylic acids is 1. The molecule has 0 aromatic heterocycles. The lowest BCUT2D eigenvalue weighted by molar-refractivity contribution is -0.144. The first kappa shape index (κ1) is 14.9. The van der Waals surface area contributed by atoms with Gasteiger partial charge in [0.15, 0.2) is 0 Å². The van der Waals surface area contributed by atoms with Crippen LogP contribution in [0.25, 0.3) is 0 Å². The summed E-state index contributed by atoms with van der Waals surface area (Å²) < 4.78 is 36.9. The highest BCUT2D eigenvalue weighted by Gasteiger charge is 2.50. The number of carboxylic acids is 1. The lowest BCUT2D eigenvalue weighted by Crippen LogP contribution is -2.50. The largest absolute Gasteiger partial charge is 0.480 e. The van der Waals surface area contributed by atoms with Crippen molar-refractivity contribution in [2.24, 2.45) is 11.8 Å². The molecule has 0 aromatic rings. The number of carboxylic acid groups (broad SMARTS) is 1. The summed E-state index contributed by atoms with van der Waals surface area (Å²) in [7, 11) is 1.04. The Labute approximate surface area is 114 Å². The number of hydrogen-bond donors (Lipinski definition) is 1. The zero-order valence-corrected chi connectivity index (χ0v) is 11.1. The predicted octanol–water partition coefficient (Wildman–Crippen LogP) is 1.79. The molecule has 3 atom stereocenters. The fourth-order valence-electron chi connectivity index (χ4n) is 3.37. The van der Waals surface area contributed by atoms with Crippen LogP contribution in [-0.4, -0.2) is 59.3 Å². The number of hydrogen-bond acceptors (Lipinski definition) is 2. The molecule has 3 unspecified atom stereocenters. The summed E-state index contributed by atoms with van der Waals surface area (Å²) in [5, 5.41) is 9.26. The molecule has 1 N–H and O–H groups in total. The standard InChI is InChI=1S/C12H17F3N2O3/c1-16(6-12(13,14)15)11(20)17-5-7-3-2-4-8(7)9(17)10(18)19/h7-9H,2-6H2,1H3,(H,18,19). The first-order valence-electron chi connectivity index (χ1n) is 6.52. The van der Waals surface area contributed by atoms with E-state index in [0.717, 1.165) is 24.8 Å². The molecule has 1 heterocycles. The molecule has 2 aliphatic rings. The molecule has 8 heteroatoms. The number of fused-ring (bicyclic) bond motifs is 1. The van der Waals surface area contributed by atoms with E-state index < -0.39 is 30.8 Å². The first-order chi connectivity index (χ1) is 9.20. The Kier molecular flexibility index (Phi) is 3.84. The maximum atomic E-state index is 12.3. The van der Waals surface area contributed by atoms with E-state index >= 15 is 0 Å². The van der Waals surface area contributed by atoms with Gasteiger partial charge in [0.25, 0.3) is 0 Å². The van der Waals surface area contributed by atoms with Gasteiger partial charge in [0.1, 0.15) is 12.6 Å². The van der Waals surface area contributed by atoms with E-state index in [4.69, 9.17) is 0 Å². The maximum absolute atomic E-state index is 12.3. The van der Waals surface area contributed by atoms with Crippen molar-refractivity contribution in [3.05, 3.63) is 0 Å². The van der Waals surface area contributed by atoms with Gasteiger partial charge in [-0.05, 0) is 24.7 Å². The van der Waals surface area contributed by atoms with Crippen molar-refractivity contribution in [3.63, 3.8) is 0 Å². The highest BCUT2D eigenvalue weighted by molar-refractivity contribution is 5.83. The van der Waals surface area contributed by atoms with Crippen LogP contribution in [0.5, 0.6) is 0 Å². The molecule has 2 fully saturated rings. The predicted molar refractivity (Wildman–Crippen MR) is 63.0 cm³/mol. The Morgan fingerprint density at radius 1 is 1.35 bits per heavy atom. The van der Waals surface area contributed by atoms with Gasteiger partial charge in [-0.2, -0.15) is 13.2 Å². The molecule has 5 nitrogen and oxygen atoms in total. The SMILES string of the molecule is CN(CC(F)(F)F)C(=O)N1CC2CCCC2C1C(=O)O. The molecule has 1 saturated carbocycles. The Morgan fingerprint density at radius 3 is 2.55 bits per heavy atom. The number of nitrogens with zero attached hydrogens (tertiary/aromatic N) is 2. The van der Waals surface area contributed by atoms with Crippen LogP contribution < -0.4 is 0 Å². The van der Waals surface area contributed by atoms with Crippen LogP contribution in [0, 0.1) is 11.8 Å². The van der Waals surface area contributed by atoms with E-state index in [9.17, 15) is 27.9 Å². The second-order valence-corrected chi connectivity index (χ2v) is 5.54. The van der Waals surface area contributed by atoms with Crippen LogP contribution in [0.3, 0.4) is 0 Å². The van der Waals surface area contributed by atoms with Crippen molar-refractivity contribution in [1.29, 1.82) is 0 Å². The third-order valence-corrected chi connectivity index (χ3v) is 4.13. The smallest absolute Gasteiger partial charge is 0.406 e. The minimum absolute atomic E-state index is 0.0966. The third kappa shape index (κ3) is 2.83. The van der Waals surface area contributed by atoms with E-state index in [-0.39, 0.29) is 18.4 Å². The molecule has 2 rings (SSSR count). The van der Waals surface area contributed by atoms with Gasteiger partial charge in [0.2, 0.25) is 0 Å². The maximum Gasteiger partial charge on any atom is 0.406 e. The van der Waals surface area contributed by atoms with Crippen LogP contribution in [-0.2, 0) is 4.79 Å². The minimum Gasteiger partial charge on any atom is -0.480 e. The zero-order valence-electron chi connectivity index (χ0n) is 11.1. The molecule has 1 aliphatic heterocycles. The van der Waals surface area contributed by atoms with Gasteiger partial charge in [0, 0.05) is 13.6 Å². The topological polar surface area (TPSA) is 60.9 Å². The van der Waals surface area contributed by atoms with Crippen LogP contribution in [0.2, 0.25) is 0 Å². The fraction of sp³-hybridized carbons (Fsp3) is 0.833. The van der Waals surface area contributed by atoms with Crippen molar-refractivity contribution in [2.75, 3.05) is 20.1 Å². The monoisotopic (exact) mass is 294 g/mol. The average Bonchev–Trinajstić information content (AvgIpc) is 2.83. The Hall–Kier alpha value is -1.47. The molecular formula is C12H17F3N2O3. The summed E-state index contributed by atoms with van der Waals surface area (Å²) >= 11 is 0. The molecule has 114 valence electrons. The summed E-state index contributed by atoms with van der Waals surface area (Å²) in [6.07, 6.45) is -2.02. The van der Waals surface area contributed by atoms with E-state index in [1.165, 1.54) is 0 Å². The first-order valence-corrected chi connectivity index (χ1v) is 6.52. The van der Waals surface area contributed by atoms with Crippen LogP contribution in [0.1, 0.15) is 19.3 Å². The van der Waals surface area contributed by atoms with Crippen LogP contribution in [0.15, 0.2) is 0 Å². The average molecular weight is 294 g/mol. The van der Waals surface area contributed by atoms with Gasteiger partial charge >= 0.3 is 18.2 Å². The number of amides is 2. The second-order valence-electron chi connectivity index (χ2n) is 5.54. The molecule has 1 saturated heterocycles. The molecule has 0 bridgehead atoms. The summed E-state index contributed by atoms with van der Waals surface area (Å²) in [6.45, 7) is -1.13. The molecular weight excluding hydrogens is 277 g/mol. The number of urea groups is 1. The Balaban J connectivity index is 2.11.